The predicted molar refractivity (Wildman–Crippen MR) is 137 cm³/mol. The molecule has 4 rings (SSSR count). The smallest absolute Gasteiger partial charge is 0.340 e. The Morgan fingerprint density at radius 1 is 1.05 bits per heavy atom. The number of nitrogens with zero attached hydrogens (tertiary/aromatic N) is 5. The molecule has 1 aliphatic rings. The lowest BCUT2D eigenvalue weighted by Gasteiger charge is -2.31. The highest BCUT2D eigenvalue weighted by Crippen LogP contribution is 2.28. The van der Waals surface area contributed by atoms with Gasteiger partial charge in [0.25, 0.3) is 0 Å². The Bertz CT molecular complexity index is 1310. The third-order valence-electron chi connectivity index (χ3n) is 6.29. The van der Waals surface area contributed by atoms with Gasteiger partial charge in [-0.25, -0.2) is 24.5 Å². The van der Waals surface area contributed by atoms with Crippen molar-refractivity contribution < 1.29 is 29.0 Å². The summed E-state index contributed by atoms with van der Waals surface area (Å²) in [5.74, 6) is -2.53. The summed E-state index contributed by atoms with van der Waals surface area (Å²) in [5, 5.41) is 9.29. The van der Waals surface area contributed by atoms with Gasteiger partial charge in [0.2, 0.25) is 5.54 Å². The van der Waals surface area contributed by atoms with Gasteiger partial charge in [0.15, 0.2) is 17.0 Å². The van der Waals surface area contributed by atoms with Gasteiger partial charge in [0, 0.05) is 13.1 Å². The minimum atomic E-state index is -2.18. The van der Waals surface area contributed by atoms with Crippen molar-refractivity contribution in [2.24, 2.45) is 11.7 Å². The van der Waals surface area contributed by atoms with Gasteiger partial charge in [-0.05, 0) is 39.2 Å². The van der Waals surface area contributed by atoms with Crippen molar-refractivity contribution in [3.8, 4) is 0 Å². The number of rotatable bonds is 8. The average Bonchev–Trinajstić information content (AvgIpc) is 3.29. The molecule has 0 bridgehead atoms. The molecule has 38 heavy (non-hydrogen) atoms. The molecular weight excluding hydrogens is 492 g/mol. The molecule has 0 saturated carbocycles. The van der Waals surface area contributed by atoms with Crippen LogP contribution in [0.25, 0.3) is 11.2 Å². The van der Waals surface area contributed by atoms with Crippen LogP contribution < -0.4 is 10.6 Å². The molecule has 0 unspecified atom stereocenters. The standard InChI is InChI=1S/C26H32N6O6/c1-25(2,3)38-24(36)26(27,23(35)37-13-17-7-5-4-6-8-17)14-32-16-30-19-20(28-15-29-21(19)32)31-11-9-18(10-12-31)22(33)34/h4-8,15-16,18H,9-14,27H2,1-3H3,(H,33,34)/t26-/m0/s1. The summed E-state index contributed by atoms with van der Waals surface area (Å²) in [4.78, 5) is 52.9. The SMILES string of the molecule is CC(C)(C)OC(=O)[C@](N)(Cn1cnc2c(N3CCC(C(=O)O)CC3)ncnc21)C(=O)OCc1ccccc1. The van der Waals surface area contributed by atoms with Gasteiger partial charge in [-0.1, -0.05) is 30.3 Å². The summed E-state index contributed by atoms with van der Waals surface area (Å²) in [6.07, 6.45) is 3.76. The third-order valence-corrected chi connectivity index (χ3v) is 6.29. The van der Waals surface area contributed by atoms with Crippen LogP contribution >= 0.6 is 0 Å². The number of piperidine rings is 1. The van der Waals surface area contributed by atoms with E-state index in [9.17, 15) is 19.5 Å². The number of carbonyl (C=O) groups excluding carboxylic acids is 2. The number of aliphatic carboxylic acids is 1. The Morgan fingerprint density at radius 3 is 2.37 bits per heavy atom. The highest BCUT2D eigenvalue weighted by molar-refractivity contribution is 6.05. The lowest BCUT2D eigenvalue weighted by atomic mass is 9.97. The molecule has 12 heteroatoms. The molecule has 0 aliphatic carbocycles. The van der Waals surface area contributed by atoms with E-state index in [1.807, 2.05) is 23.1 Å². The molecule has 202 valence electrons. The molecule has 1 saturated heterocycles. The number of esters is 2. The molecule has 2 aromatic heterocycles. The van der Waals surface area contributed by atoms with Crippen molar-refractivity contribution in [2.45, 2.75) is 57.9 Å². The van der Waals surface area contributed by atoms with Crippen molar-refractivity contribution in [2.75, 3.05) is 18.0 Å². The number of hydrogen-bond acceptors (Lipinski definition) is 10. The minimum Gasteiger partial charge on any atom is -0.481 e. The molecule has 0 radical (unpaired) electrons. The summed E-state index contributed by atoms with van der Waals surface area (Å²) >= 11 is 0. The summed E-state index contributed by atoms with van der Waals surface area (Å²) in [6, 6.07) is 9.05. The Kier molecular flexibility index (Phi) is 7.63. The fourth-order valence-electron chi connectivity index (χ4n) is 4.26. The number of nitrogens with two attached hydrogens (primary N) is 1. The van der Waals surface area contributed by atoms with E-state index in [0.29, 0.717) is 42.9 Å². The largest absolute Gasteiger partial charge is 0.481 e. The van der Waals surface area contributed by atoms with E-state index in [1.54, 1.807) is 32.9 Å². The highest BCUT2D eigenvalue weighted by Gasteiger charge is 2.48. The molecular formula is C26H32N6O6. The number of carboxylic acids is 1. The number of hydrogen-bond donors (Lipinski definition) is 2. The van der Waals surface area contributed by atoms with Crippen molar-refractivity contribution in [3.63, 3.8) is 0 Å². The summed E-state index contributed by atoms with van der Waals surface area (Å²) in [6.45, 7) is 5.65. The summed E-state index contributed by atoms with van der Waals surface area (Å²) < 4.78 is 12.4. The fourth-order valence-corrected chi connectivity index (χ4v) is 4.26. The van der Waals surface area contributed by atoms with Crippen LogP contribution in [0.2, 0.25) is 0 Å². The van der Waals surface area contributed by atoms with Crippen molar-refractivity contribution in [3.05, 3.63) is 48.5 Å². The first-order valence-electron chi connectivity index (χ1n) is 12.3. The van der Waals surface area contributed by atoms with E-state index < -0.39 is 35.0 Å². The monoisotopic (exact) mass is 524 g/mol. The maximum absolute atomic E-state index is 13.3. The van der Waals surface area contributed by atoms with Gasteiger partial charge < -0.3 is 29.8 Å². The maximum atomic E-state index is 13.3. The molecule has 3 heterocycles. The van der Waals surface area contributed by atoms with E-state index in [1.165, 1.54) is 17.2 Å². The zero-order chi connectivity index (χ0) is 27.5. The van der Waals surface area contributed by atoms with Crippen LogP contribution in [-0.2, 0) is 37.0 Å². The number of fused-ring (bicyclic) bond motifs is 1. The number of carbonyl (C=O) groups is 3. The Labute approximate surface area is 219 Å². The van der Waals surface area contributed by atoms with Crippen LogP contribution in [0.15, 0.2) is 43.0 Å². The number of imidazole rings is 1. The molecule has 1 aliphatic heterocycles. The minimum absolute atomic E-state index is 0.0648. The second kappa shape index (κ2) is 10.7. The Morgan fingerprint density at radius 2 is 1.74 bits per heavy atom. The third kappa shape index (κ3) is 5.91. The number of aromatic nitrogens is 4. The fraction of sp³-hybridized carbons (Fsp3) is 0.462. The van der Waals surface area contributed by atoms with Gasteiger partial charge in [-0.3, -0.25) is 4.79 Å². The number of ether oxygens (including phenoxy) is 2. The van der Waals surface area contributed by atoms with Gasteiger partial charge in [-0.15, -0.1) is 0 Å². The molecule has 3 aromatic rings. The van der Waals surface area contributed by atoms with Gasteiger partial charge in [0.05, 0.1) is 18.8 Å². The van der Waals surface area contributed by atoms with Crippen molar-refractivity contribution in [1.82, 2.24) is 19.5 Å². The van der Waals surface area contributed by atoms with Crippen molar-refractivity contribution in [1.29, 1.82) is 0 Å². The molecule has 1 aromatic carbocycles. The summed E-state index contributed by atoms with van der Waals surface area (Å²) in [7, 11) is 0. The van der Waals surface area contributed by atoms with Gasteiger partial charge in [-0.2, -0.15) is 0 Å². The predicted octanol–water partition coefficient (Wildman–Crippen LogP) is 1.91. The number of benzene rings is 1. The lowest BCUT2D eigenvalue weighted by molar-refractivity contribution is -0.173. The lowest BCUT2D eigenvalue weighted by Crippen LogP contribution is -2.60. The van der Waals surface area contributed by atoms with Crippen LogP contribution in [0.5, 0.6) is 0 Å². The second-order valence-corrected chi connectivity index (χ2v) is 10.4. The quantitative estimate of drug-likeness (QED) is 0.327. The van der Waals surface area contributed by atoms with E-state index in [2.05, 4.69) is 15.0 Å². The molecule has 1 atom stereocenters. The molecule has 0 spiro atoms. The second-order valence-electron chi connectivity index (χ2n) is 10.4. The molecule has 0 amide bonds. The van der Waals surface area contributed by atoms with E-state index in [-0.39, 0.29) is 13.2 Å². The van der Waals surface area contributed by atoms with Crippen LogP contribution in [0, 0.1) is 5.92 Å². The number of carboxylic acid groups (broad SMARTS) is 1. The number of anilines is 1. The first kappa shape index (κ1) is 27.0. The van der Waals surface area contributed by atoms with Crippen LogP contribution in [0.4, 0.5) is 5.82 Å². The van der Waals surface area contributed by atoms with Crippen LogP contribution in [0.3, 0.4) is 0 Å². The summed E-state index contributed by atoms with van der Waals surface area (Å²) in [5.41, 5.74) is 4.94. The van der Waals surface area contributed by atoms with Gasteiger partial charge >= 0.3 is 17.9 Å². The van der Waals surface area contributed by atoms with E-state index in [0.717, 1.165) is 5.56 Å². The first-order chi connectivity index (χ1) is 18.0. The zero-order valence-corrected chi connectivity index (χ0v) is 21.7. The van der Waals surface area contributed by atoms with Crippen LogP contribution in [0.1, 0.15) is 39.2 Å². The van der Waals surface area contributed by atoms with E-state index in [4.69, 9.17) is 15.2 Å². The zero-order valence-electron chi connectivity index (χ0n) is 21.7. The van der Waals surface area contributed by atoms with Crippen molar-refractivity contribution >= 4 is 34.9 Å². The van der Waals surface area contributed by atoms with Crippen LogP contribution in [-0.4, -0.2) is 66.8 Å². The topological polar surface area (TPSA) is 163 Å². The highest BCUT2D eigenvalue weighted by atomic mass is 16.6. The van der Waals surface area contributed by atoms with E-state index >= 15 is 0 Å². The Balaban J connectivity index is 1.60. The first-order valence-corrected chi connectivity index (χ1v) is 12.3. The molecule has 1 fully saturated rings. The maximum Gasteiger partial charge on any atom is 0.340 e. The van der Waals surface area contributed by atoms with Gasteiger partial charge in [0.1, 0.15) is 18.5 Å². The Hall–Kier alpha value is -4.06. The molecule has 3 N–H and O–H groups in total. The molecule has 12 nitrogen and oxygen atoms in total. The average molecular weight is 525 g/mol. The normalized spacial score (nSPS) is 16.2.